The Morgan fingerprint density at radius 1 is 1.40 bits per heavy atom. The molecule has 1 fully saturated rings. The first kappa shape index (κ1) is 15.8. The van der Waals surface area contributed by atoms with Crippen molar-refractivity contribution >= 4 is 11.8 Å². The molecule has 7 heteroatoms. The lowest BCUT2D eigenvalue weighted by molar-refractivity contribution is -0.137. The molecule has 1 saturated heterocycles. The van der Waals surface area contributed by atoms with Crippen LogP contribution in [-0.4, -0.2) is 30.8 Å². The fourth-order valence-electron chi connectivity index (χ4n) is 1.96. The molecule has 0 aromatic carbocycles. The summed E-state index contributed by atoms with van der Waals surface area (Å²) in [5.41, 5.74) is 0. The maximum Gasteiger partial charge on any atom is 0.284 e. The van der Waals surface area contributed by atoms with E-state index in [0.717, 1.165) is 5.76 Å². The van der Waals surface area contributed by atoms with Gasteiger partial charge < -0.3 is 19.2 Å². The van der Waals surface area contributed by atoms with Gasteiger partial charge in [0.05, 0.1) is 25.0 Å². The predicted molar refractivity (Wildman–Crippen MR) is 72.6 cm³/mol. The van der Waals surface area contributed by atoms with Crippen molar-refractivity contribution in [1.29, 1.82) is 0 Å². The van der Waals surface area contributed by atoms with Gasteiger partial charge in [-0.2, -0.15) is 8.78 Å². The maximum absolute atomic E-state index is 12.0. The number of rotatable bonds is 7. The first-order chi connectivity index (χ1) is 9.44. The number of hydrogen-bond acceptors (Lipinski definition) is 5. The maximum atomic E-state index is 12.0. The Kier molecular flexibility index (Phi) is 5.42. The molecule has 2 rings (SSSR count). The van der Waals surface area contributed by atoms with Crippen molar-refractivity contribution in [1.82, 2.24) is 5.32 Å². The molecule has 20 heavy (non-hydrogen) atoms. The van der Waals surface area contributed by atoms with Crippen molar-refractivity contribution in [2.75, 3.05) is 13.2 Å². The molecule has 0 bridgehead atoms. The van der Waals surface area contributed by atoms with Crippen LogP contribution in [0.2, 0.25) is 0 Å². The average Bonchev–Trinajstić information content (AvgIpc) is 2.94. The smallest absolute Gasteiger partial charge is 0.284 e. The van der Waals surface area contributed by atoms with Gasteiger partial charge in [-0.1, -0.05) is 11.8 Å². The van der Waals surface area contributed by atoms with Gasteiger partial charge in [-0.3, -0.25) is 0 Å². The van der Waals surface area contributed by atoms with Crippen LogP contribution in [0.15, 0.2) is 16.5 Å². The number of nitrogens with one attached hydrogen (secondary N) is 1. The van der Waals surface area contributed by atoms with E-state index in [1.54, 1.807) is 12.1 Å². The SMILES string of the molecule is CC1(C)OCC(CNCc2ccc(CSC(F)F)o2)O1. The molecule has 1 unspecified atom stereocenters. The van der Waals surface area contributed by atoms with Crippen LogP contribution in [0.1, 0.15) is 25.4 Å². The second kappa shape index (κ2) is 6.89. The van der Waals surface area contributed by atoms with Crippen LogP contribution in [0.5, 0.6) is 0 Å². The van der Waals surface area contributed by atoms with E-state index < -0.39 is 11.5 Å². The van der Waals surface area contributed by atoms with Gasteiger partial charge in [-0.05, 0) is 26.0 Å². The number of halogens is 2. The lowest BCUT2D eigenvalue weighted by Gasteiger charge is -2.17. The Labute approximate surface area is 121 Å². The molecule has 1 aliphatic rings. The summed E-state index contributed by atoms with van der Waals surface area (Å²) in [5.74, 6) is -1.41. The summed E-state index contributed by atoms with van der Waals surface area (Å²) < 4.78 is 40.7. The highest BCUT2D eigenvalue weighted by atomic mass is 32.2. The molecule has 4 nitrogen and oxygen atoms in total. The monoisotopic (exact) mass is 307 g/mol. The molecule has 0 saturated carbocycles. The van der Waals surface area contributed by atoms with Crippen LogP contribution >= 0.6 is 11.8 Å². The normalized spacial score (nSPS) is 21.8. The van der Waals surface area contributed by atoms with Crippen molar-refractivity contribution in [2.24, 2.45) is 0 Å². The van der Waals surface area contributed by atoms with Gasteiger partial charge in [0.2, 0.25) is 0 Å². The van der Waals surface area contributed by atoms with E-state index in [2.05, 4.69) is 5.32 Å². The summed E-state index contributed by atoms with van der Waals surface area (Å²) in [6, 6.07) is 3.52. The number of alkyl halides is 2. The zero-order valence-corrected chi connectivity index (χ0v) is 12.3. The van der Waals surface area contributed by atoms with Crippen LogP contribution in [-0.2, 0) is 21.8 Å². The molecule has 2 heterocycles. The fourth-order valence-corrected chi connectivity index (χ4v) is 2.41. The molecule has 0 radical (unpaired) electrons. The minimum Gasteiger partial charge on any atom is -0.464 e. The predicted octanol–water partition coefficient (Wildman–Crippen LogP) is 2.98. The minimum atomic E-state index is -2.37. The molecule has 1 N–H and O–H groups in total. The van der Waals surface area contributed by atoms with E-state index in [-0.39, 0.29) is 11.9 Å². The highest BCUT2D eigenvalue weighted by Crippen LogP contribution is 2.22. The fraction of sp³-hybridized carbons (Fsp3) is 0.692. The third kappa shape index (κ3) is 5.05. The van der Waals surface area contributed by atoms with E-state index in [4.69, 9.17) is 13.9 Å². The second-order valence-electron chi connectivity index (χ2n) is 5.02. The van der Waals surface area contributed by atoms with Crippen molar-refractivity contribution in [3.63, 3.8) is 0 Å². The van der Waals surface area contributed by atoms with Gasteiger partial charge in [0.15, 0.2) is 5.79 Å². The van der Waals surface area contributed by atoms with Crippen LogP contribution in [0.25, 0.3) is 0 Å². The molecule has 0 aliphatic carbocycles. The number of thioether (sulfide) groups is 1. The van der Waals surface area contributed by atoms with Crippen molar-refractivity contribution < 1.29 is 22.7 Å². The van der Waals surface area contributed by atoms with Gasteiger partial charge >= 0.3 is 0 Å². The molecule has 1 aliphatic heterocycles. The Morgan fingerprint density at radius 2 is 2.15 bits per heavy atom. The van der Waals surface area contributed by atoms with Gasteiger partial charge in [0, 0.05) is 6.54 Å². The van der Waals surface area contributed by atoms with Crippen LogP contribution in [0.4, 0.5) is 8.78 Å². The van der Waals surface area contributed by atoms with E-state index in [1.807, 2.05) is 13.8 Å². The summed E-state index contributed by atoms with van der Waals surface area (Å²) >= 11 is 0.558. The largest absolute Gasteiger partial charge is 0.464 e. The summed E-state index contributed by atoms with van der Waals surface area (Å²) in [4.78, 5) is 0. The summed E-state index contributed by atoms with van der Waals surface area (Å²) in [7, 11) is 0. The van der Waals surface area contributed by atoms with Crippen molar-refractivity contribution in [3.05, 3.63) is 23.7 Å². The molecular formula is C13H19F2NO3S. The lowest BCUT2D eigenvalue weighted by Crippen LogP contribution is -2.30. The molecule has 1 aromatic heterocycles. The highest BCUT2D eigenvalue weighted by molar-refractivity contribution is 7.98. The number of ether oxygens (including phenoxy) is 2. The van der Waals surface area contributed by atoms with E-state index in [1.165, 1.54) is 0 Å². The van der Waals surface area contributed by atoms with E-state index in [0.29, 0.717) is 37.2 Å². The molecule has 0 spiro atoms. The molecular weight excluding hydrogens is 288 g/mol. The zero-order valence-electron chi connectivity index (χ0n) is 11.5. The topological polar surface area (TPSA) is 43.6 Å². The second-order valence-corrected chi connectivity index (χ2v) is 6.00. The van der Waals surface area contributed by atoms with Gasteiger partial charge in [0.25, 0.3) is 5.76 Å². The van der Waals surface area contributed by atoms with E-state index >= 15 is 0 Å². The van der Waals surface area contributed by atoms with Crippen LogP contribution in [0, 0.1) is 0 Å². The Balaban J connectivity index is 1.67. The average molecular weight is 307 g/mol. The Hall–Kier alpha value is -0.630. The standard InChI is InChI=1S/C13H19F2NO3S/c1-13(2)17-7-11(19-13)6-16-5-9-3-4-10(18-9)8-20-12(14)15/h3-4,11-12,16H,5-8H2,1-2H3. The molecule has 1 aromatic rings. The lowest BCUT2D eigenvalue weighted by atomic mass is 10.3. The van der Waals surface area contributed by atoms with Gasteiger partial charge in [-0.25, -0.2) is 0 Å². The van der Waals surface area contributed by atoms with Gasteiger partial charge in [0.1, 0.15) is 11.5 Å². The summed E-state index contributed by atoms with van der Waals surface area (Å²) in [6.45, 7) is 5.53. The number of hydrogen-bond donors (Lipinski definition) is 1. The first-order valence-corrected chi connectivity index (χ1v) is 7.49. The Bertz CT molecular complexity index is 426. The summed E-state index contributed by atoms with van der Waals surface area (Å²) in [6.07, 6.45) is 0.0221. The van der Waals surface area contributed by atoms with Gasteiger partial charge in [-0.15, -0.1) is 0 Å². The third-order valence-electron chi connectivity index (χ3n) is 2.81. The molecule has 1 atom stereocenters. The van der Waals surface area contributed by atoms with Crippen molar-refractivity contribution in [2.45, 2.75) is 43.8 Å². The van der Waals surface area contributed by atoms with Crippen LogP contribution in [0.3, 0.4) is 0 Å². The highest BCUT2D eigenvalue weighted by Gasteiger charge is 2.32. The molecule has 0 amide bonds. The van der Waals surface area contributed by atoms with E-state index in [9.17, 15) is 8.78 Å². The number of furan rings is 1. The first-order valence-electron chi connectivity index (χ1n) is 6.44. The van der Waals surface area contributed by atoms with Crippen molar-refractivity contribution in [3.8, 4) is 0 Å². The van der Waals surface area contributed by atoms with Crippen LogP contribution < -0.4 is 5.32 Å². The minimum absolute atomic E-state index is 0.0221. The molecule has 114 valence electrons. The summed E-state index contributed by atoms with van der Waals surface area (Å²) in [5, 5.41) is 3.21. The third-order valence-corrected chi connectivity index (χ3v) is 3.51. The zero-order chi connectivity index (χ0) is 14.6. The Morgan fingerprint density at radius 3 is 2.80 bits per heavy atom. The quantitative estimate of drug-likeness (QED) is 0.839.